The van der Waals surface area contributed by atoms with Crippen molar-refractivity contribution in [3.05, 3.63) is 89.9 Å². The van der Waals surface area contributed by atoms with Crippen LogP contribution in [0.3, 0.4) is 0 Å². The van der Waals surface area contributed by atoms with Crippen molar-refractivity contribution in [2.45, 2.75) is 50.0 Å². The van der Waals surface area contributed by atoms with E-state index in [0.717, 1.165) is 40.1 Å². The first-order valence-corrected chi connectivity index (χ1v) is 18.7. The van der Waals surface area contributed by atoms with Crippen molar-refractivity contribution in [3.8, 4) is 40.3 Å². The number of hydrogen-bond donors (Lipinski definition) is 0. The Morgan fingerprint density at radius 2 is 1.75 bits per heavy atom. The molecular weight excluding hydrogens is 764 g/mol. The van der Waals surface area contributed by atoms with Crippen LogP contribution in [0.4, 0.5) is 23.1 Å². The van der Waals surface area contributed by atoms with E-state index < -0.39 is 33.5 Å². The van der Waals surface area contributed by atoms with Crippen LogP contribution in [-0.2, 0) is 27.5 Å². The largest absolute Gasteiger partial charge is 0.497 e. The van der Waals surface area contributed by atoms with Crippen molar-refractivity contribution >= 4 is 32.8 Å². The molecule has 0 unspecified atom stereocenters. The maximum Gasteiger partial charge on any atom is 0.416 e. The van der Waals surface area contributed by atoms with E-state index in [2.05, 4.69) is 14.5 Å². The second-order valence-electron chi connectivity index (χ2n) is 13.2. The molecule has 55 heavy (non-hydrogen) atoms. The number of rotatable bonds is 11. The minimum absolute atomic E-state index is 0.000449. The van der Waals surface area contributed by atoms with Crippen LogP contribution in [0, 0.1) is 11.3 Å². The number of sulfonamides is 1. The quantitative estimate of drug-likeness (QED) is 0.132. The van der Waals surface area contributed by atoms with Gasteiger partial charge in [-0.2, -0.15) is 27.9 Å². The molecule has 5 aromatic rings. The monoisotopic (exact) mass is 797 g/mol. The van der Waals surface area contributed by atoms with E-state index in [0.29, 0.717) is 17.1 Å². The summed E-state index contributed by atoms with van der Waals surface area (Å²) in [5, 5.41) is 14.6. The zero-order chi connectivity index (χ0) is 39.7. The van der Waals surface area contributed by atoms with Crippen LogP contribution in [0.1, 0.15) is 43.5 Å². The van der Waals surface area contributed by atoms with Gasteiger partial charge in [-0.1, -0.05) is 0 Å². The summed E-state index contributed by atoms with van der Waals surface area (Å²) in [4.78, 5) is 17.8. The van der Waals surface area contributed by atoms with E-state index >= 15 is 0 Å². The number of carbonyl (C=O) groups is 1. The van der Waals surface area contributed by atoms with Crippen molar-refractivity contribution in [1.29, 1.82) is 5.26 Å². The maximum absolute atomic E-state index is 14.2. The Kier molecular flexibility index (Phi) is 10.7. The van der Waals surface area contributed by atoms with E-state index in [1.54, 1.807) is 39.0 Å². The fourth-order valence-corrected chi connectivity index (χ4v) is 7.82. The molecule has 0 bridgehead atoms. The number of amides is 1. The smallest absolute Gasteiger partial charge is 0.416 e. The SMILES string of the molecule is COc1ccc(CN(c2ncns2)S(=O)(=O)c2ccc(Oc3ccc(C(F)(F)F)cc3-c3ccnn3C3CN(C(=O)OC(C)(C)C)C3)c(C#N)c2)c(OC)c1. The number of likely N-dealkylation sites (tertiary alicyclic amines) is 1. The van der Waals surface area contributed by atoms with Crippen molar-refractivity contribution in [3.63, 3.8) is 0 Å². The number of benzene rings is 3. The van der Waals surface area contributed by atoms with Gasteiger partial charge in [-0.05, 0) is 75.4 Å². The Balaban J connectivity index is 1.33. The molecule has 288 valence electrons. The van der Waals surface area contributed by atoms with Gasteiger partial charge < -0.3 is 23.8 Å². The molecule has 3 heterocycles. The van der Waals surface area contributed by atoms with E-state index in [1.807, 2.05) is 6.07 Å². The van der Waals surface area contributed by atoms with Crippen molar-refractivity contribution in [2.75, 3.05) is 31.6 Å². The molecule has 0 radical (unpaired) electrons. The molecule has 0 N–H and O–H groups in total. The standard InChI is InChI=1S/C36H34F3N7O7S2/c1-35(2,3)53-34(47)44-19-25(20-44)46-29(12-13-42-46)28-15-24(36(37,38)39)7-10-31(28)52-30-11-9-27(14-23(30)17-40)55(48,49)45(33-41-21-43-54-33)18-22-6-8-26(50-4)16-32(22)51-5/h6-16,21,25H,18-20H2,1-5H3. The topological polar surface area (TPSA) is 162 Å². The van der Waals surface area contributed by atoms with Gasteiger partial charge >= 0.3 is 12.3 Å². The second-order valence-corrected chi connectivity index (χ2v) is 15.8. The van der Waals surface area contributed by atoms with Gasteiger partial charge in [-0.15, -0.1) is 0 Å². The predicted molar refractivity (Wildman–Crippen MR) is 194 cm³/mol. The third-order valence-corrected chi connectivity index (χ3v) is 10.9. The number of aromatic nitrogens is 4. The van der Waals surface area contributed by atoms with Gasteiger partial charge in [0.05, 0.1) is 48.5 Å². The molecule has 0 saturated carbocycles. The van der Waals surface area contributed by atoms with Gasteiger partial charge in [0.1, 0.15) is 41.0 Å². The van der Waals surface area contributed by atoms with Gasteiger partial charge in [0.15, 0.2) is 0 Å². The first kappa shape index (κ1) is 38.8. The van der Waals surface area contributed by atoms with E-state index in [1.165, 1.54) is 54.5 Å². The average Bonchev–Trinajstić information content (AvgIpc) is 3.82. The lowest BCUT2D eigenvalue weighted by Crippen LogP contribution is -2.52. The molecule has 0 aliphatic carbocycles. The molecular formula is C36H34F3N7O7S2. The third-order valence-electron chi connectivity index (χ3n) is 8.36. The molecule has 1 amide bonds. The van der Waals surface area contributed by atoms with E-state index in [-0.39, 0.29) is 64.0 Å². The summed E-state index contributed by atoms with van der Waals surface area (Å²) in [6.07, 6.45) is -2.60. The van der Waals surface area contributed by atoms with Gasteiger partial charge in [0, 0.05) is 48.0 Å². The van der Waals surface area contributed by atoms with Crippen LogP contribution in [0.25, 0.3) is 11.3 Å². The maximum atomic E-state index is 14.2. The zero-order valence-electron chi connectivity index (χ0n) is 30.1. The molecule has 14 nitrogen and oxygen atoms in total. The van der Waals surface area contributed by atoms with Crippen LogP contribution in [0.15, 0.2) is 78.1 Å². The lowest BCUT2D eigenvalue weighted by Gasteiger charge is -2.40. The number of anilines is 1. The second kappa shape index (κ2) is 15.1. The number of hydrogen-bond acceptors (Lipinski definition) is 12. The molecule has 19 heteroatoms. The summed E-state index contributed by atoms with van der Waals surface area (Å²) in [6, 6.07) is 14.4. The normalized spacial score (nSPS) is 13.5. The fourth-order valence-electron chi connectivity index (χ4n) is 5.66. The zero-order valence-corrected chi connectivity index (χ0v) is 31.7. The number of ether oxygens (including phenoxy) is 4. The number of alkyl halides is 3. The molecule has 3 aromatic carbocycles. The summed E-state index contributed by atoms with van der Waals surface area (Å²) in [5.41, 5.74) is -1.15. The molecule has 6 rings (SSSR count). The van der Waals surface area contributed by atoms with E-state index in [9.17, 15) is 31.6 Å². The van der Waals surface area contributed by atoms with Crippen molar-refractivity contribution in [2.24, 2.45) is 0 Å². The Labute approximate surface area is 318 Å². The number of nitriles is 1. The van der Waals surface area contributed by atoms with Gasteiger partial charge in [0.25, 0.3) is 10.0 Å². The lowest BCUT2D eigenvalue weighted by atomic mass is 10.0. The number of carbonyl (C=O) groups excluding carboxylic acids is 1. The summed E-state index contributed by atoms with van der Waals surface area (Å²) in [7, 11) is -1.49. The van der Waals surface area contributed by atoms with Crippen LogP contribution in [0.2, 0.25) is 0 Å². The highest BCUT2D eigenvalue weighted by Crippen LogP contribution is 2.42. The Morgan fingerprint density at radius 3 is 2.38 bits per heavy atom. The highest BCUT2D eigenvalue weighted by atomic mass is 32.2. The third kappa shape index (κ3) is 8.29. The van der Waals surface area contributed by atoms with Crippen molar-refractivity contribution in [1.82, 2.24) is 24.0 Å². The molecule has 1 aliphatic rings. The summed E-state index contributed by atoms with van der Waals surface area (Å²) in [6.45, 7) is 5.40. The summed E-state index contributed by atoms with van der Waals surface area (Å²) >= 11 is 0.841. The minimum atomic E-state index is -4.70. The van der Waals surface area contributed by atoms with Crippen molar-refractivity contribution < 1.29 is 45.3 Å². The van der Waals surface area contributed by atoms with Crippen LogP contribution >= 0.6 is 11.5 Å². The number of halogens is 3. The highest BCUT2D eigenvalue weighted by Gasteiger charge is 2.38. The Bertz CT molecular complexity index is 2350. The van der Waals surface area contributed by atoms with Gasteiger partial charge in [-0.3, -0.25) is 4.68 Å². The molecule has 2 aromatic heterocycles. The average molecular weight is 798 g/mol. The van der Waals surface area contributed by atoms with E-state index in [4.69, 9.17) is 18.9 Å². The van der Waals surface area contributed by atoms with Gasteiger partial charge in [0.2, 0.25) is 5.13 Å². The lowest BCUT2D eigenvalue weighted by molar-refractivity contribution is -0.137. The fraction of sp³-hybridized carbons (Fsp3) is 0.306. The molecule has 1 saturated heterocycles. The first-order chi connectivity index (χ1) is 26.0. The van der Waals surface area contributed by atoms with Crippen LogP contribution in [0.5, 0.6) is 23.0 Å². The highest BCUT2D eigenvalue weighted by molar-refractivity contribution is 7.93. The number of methoxy groups -OCH3 is 2. The summed E-state index contributed by atoms with van der Waals surface area (Å²) < 4.78 is 99.1. The Morgan fingerprint density at radius 1 is 1.00 bits per heavy atom. The minimum Gasteiger partial charge on any atom is -0.497 e. The predicted octanol–water partition coefficient (Wildman–Crippen LogP) is 7.29. The van der Waals surface area contributed by atoms with Crippen LogP contribution < -0.4 is 18.5 Å². The first-order valence-electron chi connectivity index (χ1n) is 16.5. The van der Waals surface area contributed by atoms with Crippen LogP contribution in [-0.4, -0.2) is 71.5 Å². The molecule has 1 aliphatic heterocycles. The summed E-state index contributed by atoms with van der Waals surface area (Å²) in [5.74, 6) is 0.672. The van der Waals surface area contributed by atoms with Gasteiger partial charge in [-0.25, -0.2) is 22.5 Å². The molecule has 0 atom stereocenters. The molecule has 0 spiro atoms. The molecule has 1 fully saturated rings. The Hall–Kier alpha value is -5.87. The number of nitrogens with zero attached hydrogens (tertiary/aromatic N) is 7.